The molecule has 5 heteroatoms. The number of hydrogen-bond donors (Lipinski definition) is 1. The summed E-state index contributed by atoms with van der Waals surface area (Å²) in [7, 11) is -3.10. The summed E-state index contributed by atoms with van der Waals surface area (Å²) in [6, 6.07) is 0. The molecule has 0 aromatic heterocycles. The third kappa shape index (κ3) is 4.68. The van der Waals surface area contributed by atoms with Gasteiger partial charge in [0.2, 0.25) is 0 Å². The molecule has 0 saturated heterocycles. The molecule has 1 unspecified atom stereocenters. The predicted octanol–water partition coefficient (Wildman–Crippen LogP) is 0.764. The van der Waals surface area contributed by atoms with Crippen LogP contribution in [0.2, 0.25) is 0 Å². The topological polar surface area (TPSA) is 69.4 Å². The van der Waals surface area contributed by atoms with Crippen LogP contribution >= 0.6 is 7.52 Å². The fourth-order valence-corrected chi connectivity index (χ4v) is 1.72. The average molecular weight is 165 g/mol. The van der Waals surface area contributed by atoms with Crippen molar-refractivity contribution in [2.75, 3.05) is 12.8 Å². The Balaban J connectivity index is 3.87. The maximum absolute atomic E-state index is 11.0. The minimum Gasteiger partial charge on any atom is -0.318 e. The maximum atomic E-state index is 11.0. The normalized spacial score (nSPS) is 16.3. The van der Waals surface area contributed by atoms with Gasteiger partial charge in [0.1, 0.15) is 5.78 Å². The van der Waals surface area contributed by atoms with E-state index in [0.29, 0.717) is 0 Å². The number of rotatable bonds is 4. The first-order chi connectivity index (χ1) is 4.48. The lowest BCUT2D eigenvalue weighted by atomic mass is 10.5. The fourth-order valence-electron chi connectivity index (χ4n) is 0.575. The van der Waals surface area contributed by atoms with Gasteiger partial charge in [-0.1, -0.05) is 0 Å². The zero-order valence-electron chi connectivity index (χ0n) is 6.16. The Hall–Kier alpha value is -0.180. The Morgan fingerprint density at radius 3 is 2.50 bits per heavy atom. The van der Waals surface area contributed by atoms with Gasteiger partial charge >= 0.3 is 0 Å². The SMILES string of the molecule is CCOP(N)(=O)CC(C)=O. The first-order valence-electron chi connectivity index (χ1n) is 2.99. The molecule has 0 aliphatic rings. The largest absolute Gasteiger partial charge is 0.318 e. The summed E-state index contributed by atoms with van der Waals surface area (Å²) >= 11 is 0. The van der Waals surface area contributed by atoms with Crippen molar-refractivity contribution >= 4 is 13.3 Å². The van der Waals surface area contributed by atoms with Crippen molar-refractivity contribution in [3.63, 3.8) is 0 Å². The monoisotopic (exact) mass is 165 g/mol. The molecule has 0 aromatic rings. The molecule has 0 aromatic carbocycles. The molecule has 0 aliphatic carbocycles. The second-order valence-corrected chi connectivity index (χ2v) is 4.03. The molecule has 0 bridgehead atoms. The van der Waals surface area contributed by atoms with Crippen molar-refractivity contribution in [2.45, 2.75) is 13.8 Å². The zero-order valence-corrected chi connectivity index (χ0v) is 7.06. The lowest BCUT2D eigenvalue weighted by molar-refractivity contribution is -0.114. The second kappa shape index (κ2) is 3.86. The molecule has 60 valence electrons. The van der Waals surface area contributed by atoms with Crippen LogP contribution in [0.4, 0.5) is 0 Å². The van der Waals surface area contributed by atoms with Gasteiger partial charge in [-0.25, -0.2) is 0 Å². The number of Topliss-reactive ketones (excluding diaryl/α,β-unsaturated/α-hetero) is 1. The molecule has 0 heterocycles. The van der Waals surface area contributed by atoms with Crippen LogP contribution in [0.1, 0.15) is 13.8 Å². The Bertz CT molecular complexity index is 168. The minimum atomic E-state index is -3.10. The number of carbonyl (C=O) groups is 1. The zero-order chi connectivity index (χ0) is 8.20. The summed E-state index contributed by atoms with van der Waals surface area (Å²) in [5.41, 5.74) is 5.14. The molecule has 10 heavy (non-hydrogen) atoms. The third-order valence-corrected chi connectivity index (χ3v) is 2.37. The van der Waals surface area contributed by atoms with Crippen molar-refractivity contribution in [1.29, 1.82) is 0 Å². The van der Waals surface area contributed by atoms with Gasteiger partial charge < -0.3 is 4.52 Å². The van der Waals surface area contributed by atoms with Crippen LogP contribution in [-0.2, 0) is 13.9 Å². The first kappa shape index (κ1) is 9.82. The van der Waals surface area contributed by atoms with Crippen LogP contribution in [0.5, 0.6) is 0 Å². The number of carbonyl (C=O) groups excluding carboxylic acids is 1. The van der Waals surface area contributed by atoms with Gasteiger partial charge in [0.05, 0.1) is 12.8 Å². The van der Waals surface area contributed by atoms with Crippen LogP contribution in [0.25, 0.3) is 0 Å². The fraction of sp³-hybridized carbons (Fsp3) is 0.800. The van der Waals surface area contributed by atoms with E-state index in [9.17, 15) is 9.36 Å². The van der Waals surface area contributed by atoms with Crippen molar-refractivity contribution in [1.82, 2.24) is 0 Å². The lowest BCUT2D eigenvalue weighted by Gasteiger charge is -2.08. The van der Waals surface area contributed by atoms with E-state index in [2.05, 4.69) is 4.52 Å². The molecule has 0 spiro atoms. The van der Waals surface area contributed by atoms with E-state index in [0.717, 1.165) is 0 Å². The lowest BCUT2D eigenvalue weighted by Crippen LogP contribution is -2.09. The van der Waals surface area contributed by atoms with E-state index < -0.39 is 7.52 Å². The summed E-state index contributed by atoms with van der Waals surface area (Å²) < 4.78 is 15.6. The number of nitrogens with two attached hydrogens (primary N) is 1. The Labute approximate surface area is 60.2 Å². The van der Waals surface area contributed by atoms with E-state index in [4.69, 9.17) is 5.50 Å². The molecule has 0 fully saturated rings. The number of hydrogen-bond acceptors (Lipinski definition) is 3. The third-order valence-electron chi connectivity index (χ3n) is 0.791. The van der Waals surface area contributed by atoms with Gasteiger partial charge in [-0.3, -0.25) is 14.9 Å². The molecule has 0 saturated carbocycles. The average Bonchev–Trinajstić information content (AvgIpc) is 1.59. The van der Waals surface area contributed by atoms with Crippen molar-refractivity contribution in [2.24, 2.45) is 5.50 Å². The van der Waals surface area contributed by atoms with Crippen LogP contribution in [-0.4, -0.2) is 18.6 Å². The van der Waals surface area contributed by atoms with Crippen LogP contribution in [0.15, 0.2) is 0 Å². The van der Waals surface area contributed by atoms with Crippen molar-refractivity contribution in [3.8, 4) is 0 Å². The minimum absolute atomic E-state index is 0.166. The van der Waals surface area contributed by atoms with Gasteiger partial charge in [-0.15, -0.1) is 0 Å². The first-order valence-corrected chi connectivity index (χ1v) is 4.87. The predicted molar refractivity (Wildman–Crippen MR) is 39.0 cm³/mol. The number of ketones is 1. The molecule has 0 radical (unpaired) electrons. The maximum Gasteiger partial charge on any atom is 0.274 e. The van der Waals surface area contributed by atoms with E-state index in [1.165, 1.54) is 6.92 Å². The molecule has 0 aliphatic heterocycles. The van der Waals surface area contributed by atoms with Crippen LogP contribution in [0.3, 0.4) is 0 Å². The smallest absolute Gasteiger partial charge is 0.274 e. The highest BCUT2D eigenvalue weighted by molar-refractivity contribution is 7.57. The highest BCUT2D eigenvalue weighted by Crippen LogP contribution is 2.36. The van der Waals surface area contributed by atoms with Gasteiger partial charge in [0.15, 0.2) is 0 Å². The van der Waals surface area contributed by atoms with E-state index in [1.807, 2.05) is 0 Å². The molecule has 0 amide bonds. The molecular weight excluding hydrogens is 153 g/mol. The van der Waals surface area contributed by atoms with Crippen molar-refractivity contribution in [3.05, 3.63) is 0 Å². The highest BCUT2D eigenvalue weighted by Gasteiger charge is 2.17. The summed E-state index contributed by atoms with van der Waals surface area (Å²) in [6.45, 7) is 3.29. The summed E-state index contributed by atoms with van der Waals surface area (Å²) in [6.07, 6.45) is -0.166. The molecule has 4 nitrogen and oxygen atoms in total. The highest BCUT2D eigenvalue weighted by atomic mass is 31.2. The second-order valence-electron chi connectivity index (χ2n) is 2.00. The summed E-state index contributed by atoms with van der Waals surface area (Å²) in [5.74, 6) is -0.209. The van der Waals surface area contributed by atoms with E-state index >= 15 is 0 Å². The molecule has 2 N–H and O–H groups in total. The van der Waals surface area contributed by atoms with E-state index in [-0.39, 0.29) is 18.6 Å². The van der Waals surface area contributed by atoms with Gasteiger partial charge in [0.25, 0.3) is 7.52 Å². The Morgan fingerprint density at radius 1 is 1.70 bits per heavy atom. The Morgan fingerprint density at radius 2 is 2.20 bits per heavy atom. The van der Waals surface area contributed by atoms with Gasteiger partial charge in [-0.2, -0.15) is 0 Å². The van der Waals surface area contributed by atoms with Gasteiger partial charge in [-0.05, 0) is 13.8 Å². The van der Waals surface area contributed by atoms with Crippen LogP contribution in [0, 0.1) is 0 Å². The van der Waals surface area contributed by atoms with Crippen LogP contribution < -0.4 is 5.50 Å². The van der Waals surface area contributed by atoms with Crippen molar-refractivity contribution < 1.29 is 13.9 Å². The molecule has 1 atom stereocenters. The van der Waals surface area contributed by atoms with E-state index in [1.54, 1.807) is 6.92 Å². The molecular formula is C5H12NO3P. The van der Waals surface area contributed by atoms with Gasteiger partial charge in [0, 0.05) is 0 Å². The summed E-state index contributed by atoms with van der Waals surface area (Å²) in [5, 5.41) is 0. The Kier molecular flexibility index (Phi) is 3.79. The standard InChI is InChI=1S/C5H12NO3P/c1-3-9-10(6,8)4-5(2)7/h3-4H2,1-2H3,(H2,6,8). The quantitative estimate of drug-likeness (QED) is 0.624. The summed E-state index contributed by atoms with van der Waals surface area (Å²) in [4.78, 5) is 10.4. The molecule has 0 rings (SSSR count).